The van der Waals surface area contributed by atoms with Gasteiger partial charge in [-0.15, -0.1) is 0 Å². The molecule has 0 fully saturated rings. The second kappa shape index (κ2) is 7.80. The second-order valence-corrected chi connectivity index (χ2v) is 6.85. The summed E-state index contributed by atoms with van der Waals surface area (Å²) in [5, 5.41) is 5.29. The van der Waals surface area contributed by atoms with Crippen LogP contribution in [0, 0.1) is 0 Å². The third-order valence-corrected chi connectivity index (χ3v) is 4.59. The maximum atomic E-state index is 5.56. The van der Waals surface area contributed by atoms with Gasteiger partial charge in [0.15, 0.2) is 5.82 Å². The molecule has 4 aromatic heterocycles. The maximum absolute atomic E-state index is 5.56. The lowest BCUT2D eigenvalue weighted by molar-refractivity contribution is 0.326. The van der Waals surface area contributed by atoms with Gasteiger partial charge in [0, 0.05) is 36.4 Å². The SMILES string of the molecule is CCOc1ncccc1-c1nc(CCn2c(C(C)C)cc3cccnc32)no1. The van der Waals surface area contributed by atoms with E-state index in [0.717, 1.165) is 17.6 Å². The van der Waals surface area contributed by atoms with Crippen molar-refractivity contribution >= 4 is 11.0 Å². The first kappa shape index (κ1) is 18.2. The van der Waals surface area contributed by atoms with Gasteiger partial charge >= 0.3 is 0 Å². The molecule has 0 aliphatic rings. The molecule has 0 radical (unpaired) electrons. The summed E-state index contributed by atoms with van der Waals surface area (Å²) in [5.74, 6) is 1.97. The van der Waals surface area contributed by atoms with E-state index in [0.29, 0.717) is 42.1 Å². The molecule has 0 aromatic carbocycles. The topological polar surface area (TPSA) is 78.9 Å². The highest BCUT2D eigenvalue weighted by Crippen LogP contribution is 2.27. The van der Waals surface area contributed by atoms with E-state index >= 15 is 0 Å². The molecule has 144 valence electrons. The van der Waals surface area contributed by atoms with E-state index in [1.165, 1.54) is 5.69 Å². The highest BCUT2D eigenvalue weighted by atomic mass is 16.5. The van der Waals surface area contributed by atoms with E-state index in [4.69, 9.17) is 9.26 Å². The van der Waals surface area contributed by atoms with Gasteiger partial charge in [0.1, 0.15) is 11.2 Å². The highest BCUT2D eigenvalue weighted by molar-refractivity contribution is 5.77. The summed E-state index contributed by atoms with van der Waals surface area (Å²) in [6, 6.07) is 9.96. The Morgan fingerprint density at radius 1 is 1.14 bits per heavy atom. The van der Waals surface area contributed by atoms with Crippen molar-refractivity contribution in [3.05, 3.63) is 54.2 Å². The molecular weight excluding hydrogens is 354 g/mol. The molecule has 28 heavy (non-hydrogen) atoms. The largest absolute Gasteiger partial charge is 0.477 e. The number of hydrogen-bond acceptors (Lipinski definition) is 6. The number of rotatable bonds is 7. The fraction of sp³-hybridized carbons (Fsp3) is 0.333. The van der Waals surface area contributed by atoms with Gasteiger partial charge in [0.2, 0.25) is 5.88 Å². The smallest absolute Gasteiger partial charge is 0.263 e. The van der Waals surface area contributed by atoms with Crippen LogP contribution in [0.25, 0.3) is 22.5 Å². The average molecular weight is 377 g/mol. The Morgan fingerprint density at radius 2 is 1.96 bits per heavy atom. The molecule has 0 atom stereocenters. The molecule has 0 aliphatic heterocycles. The summed E-state index contributed by atoms with van der Waals surface area (Å²) in [6.07, 6.45) is 4.16. The molecule has 0 saturated heterocycles. The molecule has 0 amide bonds. The van der Waals surface area contributed by atoms with Crippen LogP contribution in [0.3, 0.4) is 0 Å². The lowest BCUT2D eigenvalue weighted by Crippen LogP contribution is -2.08. The van der Waals surface area contributed by atoms with Crippen LogP contribution in [0.4, 0.5) is 0 Å². The van der Waals surface area contributed by atoms with Crippen molar-refractivity contribution in [1.82, 2.24) is 24.7 Å². The molecule has 0 saturated carbocycles. The van der Waals surface area contributed by atoms with Crippen LogP contribution < -0.4 is 4.74 Å². The Bertz CT molecular complexity index is 1080. The van der Waals surface area contributed by atoms with Crippen LogP contribution >= 0.6 is 0 Å². The van der Waals surface area contributed by atoms with Gasteiger partial charge in [-0.1, -0.05) is 19.0 Å². The molecule has 0 unspecified atom stereocenters. The summed E-state index contributed by atoms with van der Waals surface area (Å²) < 4.78 is 13.3. The van der Waals surface area contributed by atoms with Crippen LogP contribution in [0.15, 0.2) is 47.2 Å². The van der Waals surface area contributed by atoms with Gasteiger partial charge in [0.05, 0.1) is 6.61 Å². The summed E-state index contributed by atoms with van der Waals surface area (Å²) in [5.41, 5.74) is 2.95. The van der Waals surface area contributed by atoms with Crippen molar-refractivity contribution in [2.24, 2.45) is 0 Å². The Kier molecular flexibility index (Phi) is 5.06. The number of nitrogens with zero attached hydrogens (tertiary/aromatic N) is 5. The number of aryl methyl sites for hydroxylation is 2. The van der Waals surface area contributed by atoms with Crippen molar-refractivity contribution in [2.45, 2.75) is 39.7 Å². The van der Waals surface area contributed by atoms with Gasteiger partial charge in [0.25, 0.3) is 5.89 Å². The Labute approximate surface area is 163 Å². The van der Waals surface area contributed by atoms with Crippen molar-refractivity contribution in [1.29, 1.82) is 0 Å². The summed E-state index contributed by atoms with van der Waals surface area (Å²) in [4.78, 5) is 13.3. The number of hydrogen-bond donors (Lipinski definition) is 0. The molecule has 4 heterocycles. The van der Waals surface area contributed by atoms with Crippen LogP contribution in [0.2, 0.25) is 0 Å². The van der Waals surface area contributed by atoms with E-state index in [2.05, 4.69) is 50.7 Å². The molecule has 4 rings (SSSR count). The van der Waals surface area contributed by atoms with Crippen molar-refractivity contribution < 1.29 is 9.26 Å². The van der Waals surface area contributed by atoms with Gasteiger partial charge in [-0.3, -0.25) is 0 Å². The van der Waals surface area contributed by atoms with Crippen LogP contribution in [-0.4, -0.2) is 31.3 Å². The zero-order valence-electron chi connectivity index (χ0n) is 16.3. The zero-order chi connectivity index (χ0) is 19.5. The predicted molar refractivity (Wildman–Crippen MR) is 106 cm³/mol. The minimum absolute atomic E-state index is 0.402. The number of ether oxygens (including phenoxy) is 1. The quantitative estimate of drug-likeness (QED) is 0.479. The van der Waals surface area contributed by atoms with Gasteiger partial charge in [-0.05, 0) is 43.2 Å². The van der Waals surface area contributed by atoms with E-state index in [1.54, 1.807) is 6.20 Å². The van der Waals surface area contributed by atoms with E-state index in [9.17, 15) is 0 Å². The average Bonchev–Trinajstić information content (AvgIpc) is 3.32. The van der Waals surface area contributed by atoms with Crippen LogP contribution in [-0.2, 0) is 13.0 Å². The zero-order valence-corrected chi connectivity index (χ0v) is 16.3. The number of aromatic nitrogens is 5. The van der Waals surface area contributed by atoms with Gasteiger partial charge < -0.3 is 13.8 Å². The summed E-state index contributed by atoms with van der Waals surface area (Å²) >= 11 is 0. The fourth-order valence-electron chi connectivity index (χ4n) is 3.30. The number of pyridine rings is 2. The molecule has 0 aliphatic carbocycles. The molecule has 0 spiro atoms. The van der Waals surface area contributed by atoms with E-state index < -0.39 is 0 Å². The van der Waals surface area contributed by atoms with Crippen molar-refractivity contribution in [2.75, 3.05) is 6.61 Å². The van der Waals surface area contributed by atoms with Crippen molar-refractivity contribution in [3.63, 3.8) is 0 Å². The molecule has 0 N–H and O–H groups in total. The normalized spacial score (nSPS) is 11.4. The molecular formula is C21H23N5O2. The van der Waals surface area contributed by atoms with Gasteiger partial charge in [-0.25, -0.2) is 9.97 Å². The Balaban J connectivity index is 1.58. The second-order valence-electron chi connectivity index (χ2n) is 6.85. The first-order valence-corrected chi connectivity index (χ1v) is 9.52. The number of fused-ring (bicyclic) bond motifs is 1. The lowest BCUT2D eigenvalue weighted by Gasteiger charge is -2.11. The molecule has 0 bridgehead atoms. The predicted octanol–water partition coefficient (Wildman–Crippen LogP) is 4.25. The monoisotopic (exact) mass is 377 g/mol. The first-order valence-electron chi connectivity index (χ1n) is 9.52. The van der Waals surface area contributed by atoms with Crippen LogP contribution in [0.1, 0.15) is 38.2 Å². The third-order valence-electron chi connectivity index (χ3n) is 4.59. The highest BCUT2D eigenvalue weighted by Gasteiger charge is 2.16. The summed E-state index contributed by atoms with van der Waals surface area (Å²) in [6.45, 7) is 7.55. The fourth-order valence-corrected chi connectivity index (χ4v) is 3.30. The minimum Gasteiger partial charge on any atom is -0.477 e. The minimum atomic E-state index is 0.402. The molecule has 7 nitrogen and oxygen atoms in total. The lowest BCUT2D eigenvalue weighted by atomic mass is 10.1. The molecule has 4 aromatic rings. The third kappa shape index (κ3) is 3.47. The Morgan fingerprint density at radius 3 is 2.79 bits per heavy atom. The summed E-state index contributed by atoms with van der Waals surface area (Å²) in [7, 11) is 0. The Hall–Kier alpha value is -3.22. The van der Waals surface area contributed by atoms with E-state index in [1.807, 2.05) is 31.3 Å². The first-order chi connectivity index (χ1) is 13.7. The van der Waals surface area contributed by atoms with E-state index in [-0.39, 0.29) is 0 Å². The van der Waals surface area contributed by atoms with Gasteiger partial charge in [-0.2, -0.15) is 4.98 Å². The standard InChI is InChI=1S/C21H23N5O2/c1-4-27-20-16(8-6-11-23-20)21-24-18(25-28-21)9-12-26-17(14(2)3)13-15-7-5-10-22-19(15)26/h5-8,10-11,13-14H,4,9,12H2,1-3H3. The van der Waals surface area contributed by atoms with Crippen LogP contribution in [0.5, 0.6) is 5.88 Å². The molecule has 7 heteroatoms. The van der Waals surface area contributed by atoms with Crippen molar-refractivity contribution in [3.8, 4) is 17.3 Å². The maximum Gasteiger partial charge on any atom is 0.263 e.